The van der Waals surface area contributed by atoms with Crippen LogP contribution in [0.15, 0.2) is 42.5 Å². The summed E-state index contributed by atoms with van der Waals surface area (Å²) in [5.74, 6) is -0.0298. The molecule has 0 saturated carbocycles. The molecule has 0 spiro atoms. The van der Waals surface area contributed by atoms with Crippen molar-refractivity contribution >= 4 is 5.97 Å². The molecule has 1 heterocycles. The lowest BCUT2D eigenvalue weighted by Gasteiger charge is -2.45. The zero-order valence-corrected chi connectivity index (χ0v) is 17.0. The summed E-state index contributed by atoms with van der Waals surface area (Å²) in [6.45, 7) is 2.55. The molecule has 1 saturated heterocycles. The quantitative estimate of drug-likeness (QED) is 0.531. The molecule has 2 aromatic carbocycles. The molecule has 1 aliphatic rings. The molecule has 2 aromatic rings. The van der Waals surface area contributed by atoms with Crippen molar-refractivity contribution in [2.24, 2.45) is 0 Å². The summed E-state index contributed by atoms with van der Waals surface area (Å²) in [5, 5.41) is 40.1. The van der Waals surface area contributed by atoms with E-state index in [0.29, 0.717) is 11.3 Å². The van der Waals surface area contributed by atoms with Gasteiger partial charge in [-0.2, -0.15) is 0 Å². The Morgan fingerprint density at radius 1 is 1.17 bits per heavy atom. The molecule has 0 radical (unpaired) electrons. The molecule has 1 fully saturated rings. The summed E-state index contributed by atoms with van der Waals surface area (Å²) in [5.41, 5.74) is 0.905. The Morgan fingerprint density at radius 3 is 2.50 bits per heavy atom. The second-order valence-electron chi connectivity index (χ2n) is 7.52. The maximum absolute atomic E-state index is 11.8. The van der Waals surface area contributed by atoms with Crippen LogP contribution in [0.5, 0.6) is 5.75 Å². The molecule has 0 aromatic heterocycles. The molecule has 5 unspecified atom stereocenters. The SMILES string of the molecule is COC(=O)c1cccc(-c2ccc(OC3OC(CO)C(O)C(O)C3(C)O)c(C)c2)c1. The lowest BCUT2D eigenvalue weighted by molar-refractivity contribution is -0.314. The first-order valence-corrected chi connectivity index (χ1v) is 9.50. The Bertz CT molecular complexity index is 910. The molecule has 162 valence electrons. The minimum absolute atomic E-state index is 0.397. The third-order valence-electron chi connectivity index (χ3n) is 5.28. The highest BCUT2D eigenvalue weighted by molar-refractivity contribution is 5.91. The van der Waals surface area contributed by atoms with Gasteiger partial charge in [-0.05, 0) is 54.8 Å². The van der Waals surface area contributed by atoms with Gasteiger partial charge in [0.05, 0.1) is 19.3 Å². The molecular formula is C22H26O8. The van der Waals surface area contributed by atoms with Crippen molar-refractivity contribution < 1.29 is 39.4 Å². The molecule has 5 atom stereocenters. The molecule has 8 heteroatoms. The van der Waals surface area contributed by atoms with E-state index >= 15 is 0 Å². The largest absolute Gasteiger partial charge is 0.465 e. The Hall–Kier alpha value is -2.49. The molecule has 0 aliphatic carbocycles. The Kier molecular flexibility index (Phi) is 6.44. The third kappa shape index (κ3) is 4.19. The van der Waals surface area contributed by atoms with Crippen LogP contribution in [-0.2, 0) is 9.47 Å². The fourth-order valence-electron chi connectivity index (χ4n) is 3.38. The van der Waals surface area contributed by atoms with E-state index < -0.39 is 42.8 Å². The maximum atomic E-state index is 11.8. The Labute approximate surface area is 174 Å². The van der Waals surface area contributed by atoms with E-state index in [0.717, 1.165) is 16.7 Å². The smallest absolute Gasteiger partial charge is 0.337 e. The summed E-state index contributed by atoms with van der Waals surface area (Å²) in [4.78, 5) is 11.8. The first-order valence-electron chi connectivity index (χ1n) is 9.50. The lowest BCUT2D eigenvalue weighted by atomic mass is 9.88. The fraction of sp³-hybridized carbons (Fsp3) is 0.409. The normalized spacial score (nSPS) is 28.8. The van der Waals surface area contributed by atoms with E-state index in [1.165, 1.54) is 14.0 Å². The van der Waals surface area contributed by atoms with Gasteiger partial charge in [-0.15, -0.1) is 0 Å². The Morgan fingerprint density at radius 2 is 1.87 bits per heavy atom. The van der Waals surface area contributed by atoms with Crippen molar-refractivity contribution in [3.63, 3.8) is 0 Å². The van der Waals surface area contributed by atoms with E-state index in [9.17, 15) is 25.2 Å². The van der Waals surface area contributed by atoms with Gasteiger partial charge in [0, 0.05) is 0 Å². The van der Waals surface area contributed by atoms with Crippen LogP contribution in [0, 0.1) is 6.92 Å². The highest BCUT2D eigenvalue weighted by atomic mass is 16.7. The van der Waals surface area contributed by atoms with Gasteiger partial charge in [-0.3, -0.25) is 0 Å². The van der Waals surface area contributed by atoms with Crippen LogP contribution in [0.1, 0.15) is 22.8 Å². The van der Waals surface area contributed by atoms with Crippen LogP contribution in [-0.4, -0.2) is 70.3 Å². The molecule has 3 rings (SSSR count). The van der Waals surface area contributed by atoms with Crippen molar-refractivity contribution in [1.29, 1.82) is 0 Å². The predicted molar refractivity (Wildman–Crippen MR) is 107 cm³/mol. The van der Waals surface area contributed by atoms with Crippen LogP contribution in [0.2, 0.25) is 0 Å². The van der Waals surface area contributed by atoms with Crippen molar-refractivity contribution in [3.8, 4) is 16.9 Å². The number of rotatable bonds is 5. The number of carbonyl (C=O) groups is 1. The summed E-state index contributed by atoms with van der Waals surface area (Å²) >= 11 is 0. The zero-order valence-electron chi connectivity index (χ0n) is 17.0. The fourth-order valence-corrected chi connectivity index (χ4v) is 3.38. The number of esters is 1. The lowest BCUT2D eigenvalue weighted by Crippen LogP contribution is -2.66. The van der Waals surface area contributed by atoms with Gasteiger partial charge in [-0.25, -0.2) is 4.79 Å². The minimum Gasteiger partial charge on any atom is -0.465 e. The molecule has 0 amide bonds. The van der Waals surface area contributed by atoms with Crippen molar-refractivity contribution in [3.05, 3.63) is 53.6 Å². The van der Waals surface area contributed by atoms with E-state index in [1.807, 2.05) is 12.1 Å². The monoisotopic (exact) mass is 418 g/mol. The molecule has 30 heavy (non-hydrogen) atoms. The summed E-state index contributed by atoms with van der Waals surface area (Å²) in [6, 6.07) is 12.3. The van der Waals surface area contributed by atoms with Gasteiger partial charge in [0.1, 0.15) is 24.1 Å². The average Bonchev–Trinajstić information content (AvgIpc) is 2.75. The molecule has 1 aliphatic heterocycles. The topological polar surface area (TPSA) is 126 Å². The van der Waals surface area contributed by atoms with Gasteiger partial charge in [0.25, 0.3) is 0 Å². The second-order valence-corrected chi connectivity index (χ2v) is 7.52. The van der Waals surface area contributed by atoms with Gasteiger partial charge < -0.3 is 34.6 Å². The van der Waals surface area contributed by atoms with Crippen LogP contribution in [0.3, 0.4) is 0 Å². The van der Waals surface area contributed by atoms with E-state index in [-0.39, 0.29) is 0 Å². The van der Waals surface area contributed by atoms with E-state index in [4.69, 9.17) is 14.2 Å². The second kappa shape index (κ2) is 8.71. The standard InChI is InChI=1S/C22H26O8/c1-12-9-14(13-5-4-6-15(10-13)20(26)28-3)7-8-16(12)29-21-22(2,27)19(25)18(24)17(11-23)30-21/h4-10,17-19,21,23-25,27H,11H2,1-3H3. The van der Waals surface area contributed by atoms with Crippen LogP contribution >= 0.6 is 0 Å². The number of hydrogen-bond acceptors (Lipinski definition) is 8. The Balaban J connectivity index is 1.85. The molecule has 0 bridgehead atoms. The summed E-state index contributed by atoms with van der Waals surface area (Å²) < 4.78 is 16.0. The number of aliphatic hydroxyl groups excluding tert-OH is 3. The highest BCUT2D eigenvalue weighted by Gasteiger charge is 2.53. The maximum Gasteiger partial charge on any atom is 0.337 e. The number of hydrogen-bond donors (Lipinski definition) is 4. The average molecular weight is 418 g/mol. The number of ether oxygens (including phenoxy) is 3. The van der Waals surface area contributed by atoms with Crippen LogP contribution in [0.25, 0.3) is 11.1 Å². The third-order valence-corrected chi connectivity index (χ3v) is 5.28. The minimum atomic E-state index is -1.90. The summed E-state index contributed by atoms with van der Waals surface area (Å²) in [6.07, 6.45) is -5.41. The predicted octanol–water partition coefficient (Wildman–Crippen LogP) is 1.02. The molecule has 4 N–H and O–H groups in total. The van der Waals surface area contributed by atoms with Crippen molar-refractivity contribution in [1.82, 2.24) is 0 Å². The van der Waals surface area contributed by atoms with Crippen molar-refractivity contribution in [2.45, 2.75) is 44.1 Å². The highest BCUT2D eigenvalue weighted by Crippen LogP contribution is 2.34. The molecular weight excluding hydrogens is 392 g/mol. The van der Waals surface area contributed by atoms with Gasteiger partial charge in [0.15, 0.2) is 5.60 Å². The van der Waals surface area contributed by atoms with Crippen LogP contribution in [0.4, 0.5) is 0 Å². The zero-order chi connectivity index (χ0) is 22.1. The number of aliphatic hydroxyl groups is 4. The number of aryl methyl sites for hydroxylation is 1. The van der Waals surface area contributed by atoms with Gasteiger partial charge in [-0.1, -0.05) is 18.2 Å². The van der Waals surface area contributed by atoms with E-state index in [2.05, 4.69) is 0 Å². The van der Waals surface area contributed by atoms with E-state index in [1.54, 1.807) is 37.3 Å². The van der Waals surface area contributed by atoms with Crippen LogP contribution < -0.4 is 4.74 Å². The first kappa shape index (κ1) is 22.2. The summed E-state index contributed by atoms with van der Waals surface area (Å²) in [7, 11) is 1.32. The number of benzene rings is 2. The number of carbonyl (C=O) groups excluding carboxylic acids is 1. The first-order chi connectivity index (χ1) is 14.2. The number of methoxy groups -OCH3 is 1. The van der Waals surface area contributed by atoms with Gasteiger partial charge >= 0.3 is 5.97 Å². The van der Waals surface area contributed by atoms with Gasteiger partial charge in [0.2, 0.25) is 6.29 Å². The molecule has 8 nitrogen and oxygen atoms in total. The van der Waals surface area contributed by atoms with Crippen molar-refractivity contribution in [2.75, 3.05) is 13.7 Å².